The maximum absolute atomic E-state index is 10.9. The van der Waals surface area contributed by atoms with E-state index in [1.54, 1.807) is 13.0 Å². The Bertz CT molecular complexity index is 192. The number of carbonyl (C=O) groups excluding carboxylic acids is 1. The number of carbonyl (C=O) groups is 1. The highest BCUT2D eigenvalue weighted by Crippen LogP contribution is 1.91. The molecule has 0 radical (unpaired) electrons. The van der Waals surface area contributed by atoms with Crippen LogP contribution in [0.2, 0.25) is 0 Å². The van der Waals surface area contributed by atoms with E-state index in [4.69, 9.17) is 4.74 Å². The molecule has 4 nitrogen and oxygen atoms in total. The second-order valence-corrected chi connectivity index (χ2v) is 3.14. The minimum Gasteiger partial charge on any atom is -0.460 e. The molecule has 0 amide bonds. The monoisotopic (exact) mass is 201 g/mol. The maximum atomic E-state index is 10.9. The number of likely N-dealkylation sites (N-methyl/N-ethyl adjacent to an activating group) is 1. The molecule has 1 atom stereocenters. The molecule has 0 spiro atoms. The predicted octanol–water partition coefficient (Wildman–Crippen LogP) is 0.418. The van der Waals surface area contributed by atoms with E-state index in [1.165, 1.54) is 6.08 Å². The van der Waals surface area contributed by atoms with Crippen molar-refractivity contribution in [1.82, 2.24) is 4.90 Å². The van der Waals surface area contributed by atoms with E-state index in [0.717, 1.165) is 6.54 Å². The van der Waals surface area contributed by atoms with Crippen molar-refractivity contribution in [1.29, 1.82) is 0 Å². The molecule has 82 valence electrons. The van der Waals surface area contributed by atoms with Crippen molar-refractivity contribution < 1.29 is 14.6 Å². The molecule has 0 aromatic heterocycles. The van der Waals surface area contributed by atoms with Crippen molar-refractivity contribution in [2.75, 3.05) is 26.7 Å². The molecule has 0 aromatic rings. The van der Waals surface area contributed by atoms with Gasteiger partial charge >= 0.3 is 5.97 Å². The Labute approximate surface area is 85.2 Å². The first-order valence-electron chi connectivity index (χ1n) is 4.76. The molecule has 0 aliphatic carbocycles. The van der Waals surface area contributed by atoms with Crippen molar-refractivity contribution in [2.24, 2.45) is 0 Å². The number of rotatable bonds is 6. The Hall–Kier alpha value is -0.870. The third kappa shape index (κ3) is 6.62. The number of hydrogen-bond donors (Lipinski definition) is 1. The van der Waals surface area contributed by atoms with Gasteiger partial charge in [-0.25, -0.2) is 4.79 Å². The van der Waals surface area contributed by atoms with Crippen molar-refractivity contribution in [3.63, 3.8) is 0 Å². The van der Waals surface area contributed by atoms with Crippen molar-refractivity contribution in [3.05, 3.63) is 12.2 Å². The summed E-state index contributed by atoms with van der Waals surface area (Å²) in [4.78, 5) is 12.8. The fourth-order valence-corrected chi connectivity index (χ4v) is 0.904. The van der Waals surface area contributed by atoms with Crippen LogP contribution in [0.25, 0.3) is 0 Å². The number of ether oxygens (including phenoxy) is 1. The van der Waals surface area contributed by atoms with Gasteiger partial charge in [-0.15, -0.1) is 0 Å². The zero-order chi connectivity index (χ0) is 11.0. The first-order chi connectivity index (χ1) is 6.60. The Balaban J connectivity index is 3.63. The van der Waals surface area contributed by atoms with Crippen molar-refractivity contribution in [3.8, 4) is 0 Å². The number of nitrogens with zero attached hydrogens (tertiary/aromatic N) is 1. The highest BCUT2D eigenvalue weighted by Gasteiger charge is 2.08. The van der Waals surface area contributed by atoms with Gasteiger partial charge in [0.25, 0.3) is 0 Å². The molecule has 1 unspecified atom stereocenters. The van der Waals surface area contributed by atoms with Gasteiger partial charge in [-0.3, -0.25) is 0 Å². The highest BCUT2D eigenvalue weighted by atomic mass is 16.5. The van der Waals surface area contributed by atoms with Crippen molar-refractivity contribution in [2.45, 2.75) is 20.0 Å². The van der Waals surface area contributed by atoms with Gasteiger partial charge in [0.05, 0.1) is 0 Å². The molecule has 1 N–H and O–H groups in total. The van der Waals surface area contributed by atoms with Crippen LogP contribution in [0.3, 0.4) is 0 Å². The quantitative estimate of drug-likeness (QED) is 0.500. The average molecular weight is 201 g/mol. The fraction of sp³-hybridized carbons (Fsp3) is 0.700. The number of allylic oxidation sites excluding steroid dienone is 1. The zero-order valence-electron chi connectivity index (χ0n) is 9.06. The van der Waals surface area contributed by atoms with Gasteiger partial charge in [0.15, 0.2) is 0 Å². The Morgan fingerprint density at radius 2 is 2.29 bits per heavy atom. The zero-order valence-corrected chi connectivity index (χ0v) is 9.06. The number of aliphatic hydroxyl groups is 1. The van der Waals surface area contributed by atoms with Crippen LogP contribution in [-0.4, -0.2) is 48.8 Å². The van der Waals surface area contributed by atoms with E-state index in [0.29, 0.717) is 6.54 Å². The molecule has 0 aliphatic rings. The Kier molecular flexibility index (Phi) is 7.06. The first kappa shape index (κ1) is 13.1. The molecule has 14 heavy (non-hydrogen) atoms. The lowest BCUT2D eigenvalue weighted by Crippen LogP contribution is -2.32. The molecule has 0 rings (SSSR count). The molecule has 0 aromatic carbocycles. The summed E-state index contributed by atoms with van der Waals surface area (Å²) in [6.45, 7) is 5.16. The summed E-state index contributed by atoms with van der Waals surface area (Å²) in [6.07, 6.45) is 2.32. The van der Waals surface area contributed by atoms with E-state index in [9.17, 15) is 9.90 Å². The van der Waals surface area contributed by atoms with Crippen LogP contribution < -0.4 is 0 Å². The van der Waals surface area contributed by atoms with Gasteiger partial charge in [0, 0.05) is 12.6 Å². The summed E-state index contributed by atoms with van der Waals surface area (Å²) >= 11 is 0. The molecule has 0 fully saturated rings. The third-order valence-corrected chi connectivity index (χ3v) is 1.78. The van der Waals surface area contributed by atoms with Gasteiger partial charge in [-0.2, -0.15) is 0 Å². The van der Waals surface area contributed by atoms with Gasteiger partial charge < -0.3 is 14.7 Å². The lowest BCUT2D eigenvalue weighted by Gasteiger charge is -2.18. The normalized spacial score (nSPS) is 13.5. The molecule has 0 aliphatic heterocycles. The molecule has 0 saturated carbocycles. The van der Waals surface area contributed by atoms with Crippen molar-refractivity contribution >= 4 is 5.97 Å². The van der Waals surface area contributed by atoms with E-state index in [2.05, 4.69) is 0 Å². The predicted molar refractivity (Wildman–Crippen MR) is 55.0 cm³/mol. The molecule has 0 heterocycles. The maximum Gasteiger partial charge on any atom is 0.330 e. The van der Waals surface area contributed by atoms with Crippen LogP contribution in [0.5, 0.6) is 0 Å². The smallest absolute Gasteiger partial charge is 0.330 e. The summed E-state index contributed by atoms with van der Waals surface area (Å²) in [6, 6.07) is 0. The summed E-state index contributed by atoms with van der Waals surface area (Å²) in [5.74, 6) is -0.411. The number of esters is 1. The minimum absolute atomic E-state index is 0.0491. The van der Waals surface area contributed by atoms with Gasteiger partial charge in [-0.1, -0.05) is 13.0 Å². The van der Waals surface area contributed by atoms with Crippen LogP contribution in [0.15, 0.2) is 12.2 Å². The summed E-state index contributed by atoms with van der Waals surface area (Å²) in [7, 11) is 1.90. The van der Waals surface area contributed by atoms with Crippen LogP contribution in [0.4, 0.5) is 0 Å². The fourth-order valence-electron chi connectivity index (χ4n) is 0.904. The van der Waals surface area contributed by atoms with E-state index < -0.39 is 12.1 Å². The largest absolute Gasteiger partial charge is 0.460 e. The van der Waals surface area contributed by atoms with Crippen LogP contribution >= 0.6 is 0 Å². The van der Waals surface area contributed by atoms with Gasteiger partial charge in [0.2, 0.25) is 0 Å². The summed E-state index contributed by atoms with van der Waals surface area (Å²) in [5, 5.41) is 9.42. The molecular formula is C10H19NO3. The second kappa shape index (κ2) is 7.53. The summed E-state index contributed by atoms with van der Waals surface area (Å²) < 4.78 is 4.79. The van der Waals surface area contributed by atoms with Gasteiger partial charge in [0.1, 0.15) is 12.7 Å². The van der Waals surface area contributed by atoms with E-state index >= 15 is 0 Å². The Morgan fingerprint density at radius 1 is 1.64 bits per heavy atom. The number of aliphatic hydroxyl groups excluding tert-OH is 1. The van der Waals surface area contributed by atoms with E-state index in [1.807, 2.05) is 18.9 Å². The lowest BCUT2D eigenvalue weighted by atomic mass is 10.3. The molecule has 4 heteroatoms. The van der Waals surface area contributed by atoms with Gasteiger partial charge in [-0.05, 0) is 20.5 Å². The number of hydrogen-bond acceptors (Lipinski definition) is 4. The van der Waals surface area contributed by atoms with E-state index in [-0.39, 0.29) is 6.61 Å². The molecule has 0 saturated heterocycles. The summed E-state index contributed by atoms with van der Waals surface area (Å²) in [5.41, 5.74) is 0. The molecule has 0 bridgehead atoms. The Morgan fingerprint density at radius 3 is 2.79 bits per heavy atom. The van der Waals surface area contributed by atoms with Crippen LogP contribution in [0.1, 0.15) is 13.8 Å². The highest BCUT2D eigenvalue weighted by molar-refractivity contribution is 5.81. The van der Waals surface area contributed by atoms with Crippen LogP contribution in [0, 0.1) is 0 Å². The SMILES string of the molecule is CC=CC(=O)OCC(O)CN(C)CC. The van der Waals surface area contributed by atoms with Crippen LogP contribution in [-0.2, 0) is 9.53 Å². The minimum atomic E-state index is -0.617. The topological polar surface area (TPSA) is 49.8 Å². The second-order valence-electron chi connectivity index (χ2n) is 3.14. The molecular weight excluding hydrogens is 182 g/mol. The average Bonchev–Trinajstić information content (AvgIpc) is 2.15. The standard InChI is InChI=1S/C10H19NO3/c1-4-6-10(13)14-8-9(12)7-11(3)5-2/h4,6,9,12H,5,7-8H2,1-3H3. The lowest BCUT2D eigenvalue weighted by molar-refractivity contribution is -0.140. The first-order valence-corrected chi connectivity index (χ1v) is 4.76. The third-order valence-electron chi connectivity index (χ3n) is 1.78.